The van der Waals surface area contributed by atoms with Gasteiger partial charge in [0, 0.05) is 27.1 Å². The van der Waals surface area contributed by atoms with Crippen molar-refractivity contribution in [2.24, 2.45) is 10.8 Å². The predicted molar refractivity (Wildman–Crippen MR) is 141 cm³/mol. The molecule has 0 aromatic heterocycles. The van der Waals surface area contributed by atoms with E-state index in [0.29, 0.717) is 6.42 Å². The monoisotopic (exact) mass is 793 g/mol. The Kier molecular flexibility index (Phi) is 13.6. The van der Waals surface area contributed by atoms with E-state index in [4.69, 9.17) is 10.2 Å². The Morgan fingerprint density at radius 2 is 1.16 bits per heavy atom. The summed E-state index contributed by atoms with van der Waals surface area (Å²) in [6.45, 7) is 1.71. The fraction of sp³-hybridized carbons (Fsp3) is 0.923. The topological polar surface area (TPSA) is 111 Å². The number of alkyl halides is 17. The van der Waals surface area contributed by atoms with Crippen LogP contribution in [0.3, 0.4) is 0 Å². The molecule has 0 aromatic carbocycles. The fourth-order valence-electron chi connectivity index (χ4n) is 5.66. The Labute approximate surface area is 279 Å². The number of aliphatic hydroxyl groups excluding tert-OH is 2. The summed E-state index contributed by atoms with van der Waals surface area (Å²) >= 11 is 0. The van der Waals surface area contributed by atoms with E-state index in [1.54, 1.807) is 20.8 Å². The van der Waals surface area contributed by atoms with Crippen LogP contribution in [0.15, 0.2) is 0 Å². The number of rotatable bonds is 16. The zero-order chi connectivity index (χ0) is 40.5. The molecule has 51 heavy (non-hydrogen) atoms. The van der Waals surface area contributed by atoms with Crippen LogP contribution >= 0.6 is 0 Å². The van der Waals surface area contributed by atoms with E-state index in [2.05, 4.69) is 15.4 Å². The molecule has 3 amide bonds. The standard InChI is InChI=1S/C26H34F17N3O5.H2/c1-17(2)10-14(11-18(3,12-17)13-44-15(49)46(5-7-47)6-8-48)45-16(50)51-9-4-19(27,28)20(29,30)21(31,32)22(33,34)23(35,36)24(37,38)25(39,40)26(41,42)43;/h14,47-48H,4-13H2,1-3H3,(H,44,49)(H,45,50);1H. The van der Waals surface area contributed by atoms with Crippen molar-refractivity contribution in [2.75, 3.05) is 39.5 Å². The lowest BCUT2D eigenvalue weighted by molar-refractivity contribution is -0.461. The zero-order valence-corrected chi connectivity index (χ0v) is 26.6. The molecule has 1 fully saturated rings. The highest BCUT2D eigenvalue weighted by Gasteiger charge is 2.95. The maximum absolute atomic E-state index is 14.2. The van der Waals surface area contributed by atoms with E-state index in [1.807, 2.05) is 0 Å². The van der Waals surface area contributed by atoms with Crippen LogP contribution < -0.4 is 10.6 Å². The van der Waals surface area contributed by atoms with Crippen molar-refractivity contribution in [3.8, 4) is 0 Å². The summed E-state index contributed by atoms with van der Waals surface area (Å²) in [5.41, 5.74) is -1.48. The van der Waals surface area contributed by atoms with E-state index in [-0.39, 0.29) is 33.9 Å². The molecule has 2 unspecified atom stereocenters. The van der Waals surface area contributed by atoms with E-state index < -0.39 is 103 Å². The molecule has 0 saturated heterocycles. The Hall–Kier alpha value is -2.73. The first-order valence-electron chi connectivity index (χ1n) is 14.4. The number of urea groups is 1. The normalized spacial score (nSPS) is 21.3. The lowest BCUT2D eigenvalue weighted by Crippen LogP contribution is -2.74. The minimum absolute atomic E-state index is 0. The van der Waals surface area contributed by atoms with Crippen molar-refractivity contribution in [2.45, 2.75) is 100 Å². The molecule has 0 aliphatic heterocycles. The molecule has 2 atom stereocenters. The molecule has 0 spiro atoms. The van der Waals surface area contributed by atoms with Gasteiger partial charge in [0.2, 0.25) is 0 Å². The fourth-order valence-corrected chi connectivity index (χ4v) is 5.66. The average Bonchev–Trinajstić information content (AvgIpc) is 2.93. The first kappa shape index (κ1) is 46.3. The molecule has 1 saturated carbocycles. The van der Waals surface area contributed by atoms with Gasteiger partial charge in [-0.05, 0) is 30.1 Å². The molecule has 1 aliphatic rings. The van der Waals surface area contributed by atoms with Crippen molar-refractivity contribution in [3.05, 3.63) is 0 Å². The first-order valence-corrected chi connectivity index (χ1v) is 14.4. The van der Waals surface area contributed by atoms with Crippen LogP contribution in [0, 0.1) is 10.8 Å². The van der Waals surface area contributed by atoms with Gasteiger partial charge in [-0.15, -0.1) is 0 Å². The second-order valence-electron chi connectivity index (χ2n) is 13.0. The van der Waals surface area contributed by atoms with Crippen LogP contribution in [-0.2, 0) is 4.74 Å². The highest BCUT2D eigenvalue weighted by atomic mass is 19.4. The van der Waals surface area contributed by atoms with Crippen LogP contribution in [0.5, 0.6) is 0 Å². The molecule has 25 heteroatoms. The van der Waals surface area contributed by atoms with Gasteiger partial charge in [-0.2, -0.15) is 74.6 Å². The van der Waals surface area contributed by atoms with E-state index >= 15 is 0 Å². The number of aliphatic hydroxyl groups is 2. The molecule has 4 N–H and O–H groups in total. The van der Waals surface area contributed by atoms with Gasteiger partial charge in [0.05, 0.1) is 26.2 Å². The van der Waals surface area contributed by atoms with E-state index in [0.717, 1.165) is 4.90 Å². The second kappa shape index (κ2) is 15.0. The van der Waals surface area contributed by atoms with E-state index in [9.17, 15) is 84.2 Å². The second-order valence-corrected chi connectivity index (χ2v) is 13.0. The summed E-state index contributed by atoms with van der Waals surface area (Å²) in [5.74, 6) is -57.3. The molecular formula is C26H36F17N3O5. The number of nitrogens with zero attached hydrogens (tertiary/aromatic N) is 1. The summed E-state index contributed by atoms with van der Waals surface area (Å²) in [6.07, 6.45) is -12.0. The maximum atomic E-state index is 14.2. The lowest BCUT2D eigenvalue weighted by atomic mass is 9.62. The highest BCUT2D eigenvalue weighted by molar-refractivity contribution is 5.74. The van der Waals surface area contributed by atoms with Gasteiger partial charge in [0.15, 0.2) is 0 Å². The smallest absolute Gasteiger partial charge is 0.449 e. The maximum Gasteiger partial charge on any atom is 0.460 e. The van der Waals surface area contributed by atoms with Crippen LogP contribution in [0.25, 0.3) is 0 Å². The van der Waals surface area contributed by atoms with Crippen LogP contribution in [-0.4, -0.2) is 120 Å². The SMILES string of the molecule is CC1(C)CC(NC(=O)OCCC(F)(F)C(F)(F)C(F)(F)C(F)(F)C(F)(F)C(F)(F)C(F)(F)C(F)(F)F)CC(C)(CNC(=O)N(CCO)CCO)C1.[HH]. The number of hydrogen-bond acceptors (Lipinski definition) is 5. The number of ether oxygens (including phenoxy) is 1. The number of hydrogen-bond donors (Lipinski definition) is 4. The zero-order valence-electron chi connectivity index (χ0n) is 26.6. The van der Waals surface area contributed by atoms with E-state index in [1.165, 1.54) is 0 Å². The van der Waals surface area contributed by atoms with Gasteiger partial charge in [-0.25, -0.2) is 9.59 Å². The molecule has 1 rings (SSSR count). The van der Waals surface area contributed by atoms with Crippen molar-refractivity contribution in [3.63, 3.8) is 0 Å². The summed E-state index contributed by atoms with van der Waals surface area (Å²) in [5, 5.41) is 22.9. The van der Waals surface area contributed by atoms with Crippen LogP contribution in [0.4, 0.5) is 84.2 Å². The van der Waals surface area contributed by atoms with Crippen molar-refractivity contribution >= 4 is 12.1 Å². The largest absolute Gasteiger partial charge is 0.460 e. The van der Waals surface area contributed by atoms with Gasteiger partial charge < -0.3 is 30.5 Å². The van der Waals surface area contributed by atoms with Crippen molar-refractivity contribution < 1.29 is 101 Å². The van der Waals surface area contributed by atoms with Crippen LogP contribution in [0.2, 0.25) is 0 Å². The third kappa shape index (κ3) is 9.08. The Balaban J connectivity index is 0.0000260. The summed E-state index contributed by atoms with van der Waals surface area (Å²) in [7, 11) is 0. The van der Waals surface area contributed by atoms with Gasteiger partial charge >= 0.3 is 59.8 Å². The van der Waals surface area contributed by atoms with Crippen molar-refractivity contribution in [1.29, 1.82) is 0 Å². The minimum Gasteiger partial charge on any atom is -0.449 e. The third-order valence-electron chi connectivity index (χ3n) is 7.90. The molecule has 0 bridgehead atoms. The Morgan fingerprint density at radius 3 is 1.59 bits per heavy atom. The van der Waals surface area contributed by atoms with Gasteiger partial charge in [-0.1, -0.05) is 20.8 Å². The summed E-state index contributed by atoms with van der Waals surface area (Å²) < 4.78 is 233. The average molecular weight is 794 g/mol. The predicted octanol–water partition coefficient (Wildman–Crippen LogP) is 6.94. The Morgan fingerprint density at radius 1 is 0.725 bits per heavy atom. The van der Waals surface area contributed by atoms with Gasteiger partial charge in [-0.3, -0.25) is 0 Å². The number of amides is 3. The molecule has 0 heterocycles. The lowest BCUT2D eigenvalue weighted by Gasteiger charge is -2.47. The molecular weight excluding hydrogens is 757 g/mol. The summed E-state index contributed by atoms with van der Waals surface area (Å²) in [6, 6.07) is -1.62. The minimum atomic E-state index is -8.73. The molecule has 1 aliphatic carbocycles. The van der Waals surface area contributed by atoms with Crippen molar-refractivity contribution in [1.82, 2.24) is 15.5 Å². The number of carbonyl (C=O) groups excluding carboxylic acids is 2. The number of halogens is 17. The molecule has 304 valence electrons. The van der Waals surface area contributed by atoms with Crippen LogP contribution in [0.1, 0.15) is 47.9 Å². The number of nitrogens with one attached hydrogen (secondary N) is 2. The third-order valence-corrected chi connectivity index (χ3v) is 7.90. The number of carbonyl (C=O) groups is 2. The molecule has 0 radical (unpaired) electrons. The first-order chi connectivity index (χ1) is 22.5. The highest BCUT2D eigenvalue weighted by Crippen LogP contribution is 2.64. The van der Waals surface area contributed by atoms with Gasteiger partial charge in [0.25, 0.3) is 0 Å². The number of alkyl carbamates (subject to hydrolysis) is 1. The molecule has 8 nitrogen and oxygen atoms in total. The summed E-state index contributed by atoms with van der Waals surface area (Å²) in [4.78, 5) is 25.8. The molecule has 0 aromatic rings. The van der Waals surface area contributed by atoms with Gasteiger partial charge in [0.1, 0.15) is 0 Å². The quantitative estimate of drug-likeness (QED) is 0.127. The Bertz CT molecular complexity index is 1220.